The molecule has 0 aliphatic carbocycles. The number of nitriles is 1. The van der Waals surface area contributed by atoms with Gasteiger partial charge in [-0.05, 0) is 42.2 Å². The van der Waals surface area contributed by atoms with Crippen LogP contribution in [-0.2, 0) is 0 Å². The van der Waals surface area contributed by atoms with Crippen LogP contribution in [0.5, 0.6) is 0 Å². The Kier molecular flexibility index (Phi) is 4.85. The van der Waals surface area contributed by atoms with Crippen LogP contribution in [0.2, 0.25) is 0 Å². The van der Waals surface area contributed by atoms with Crippen molar-refractivity contribution in [2.45, 2.75) is 11.8 Å². The lowest BCUT2D eigenvalue weighted by Gasteiger charge is -2.11. The Balaban J connectivity index is 2.29. The largest absolute Gasteiger partial charge is 0.478 e. The van der Waals surface area contributed by atoms with E-state index in [9.17, 15) is 10.1 Å². The summed E-state index contributed by atoms with van der Waals surface area (Å²) < 4.78 is 0. The lowest BCUT2D eigenvalue weighted by atomic mass is 10.1. The predicted octanol–water partition coefficient (Wildman–Crippen LogP) is 4.11. The smallest absolute Gasteiger partial charge is 0.335 e. The molecule has 0 atom stereocenters. The Labute approximate surface area is 127 Å². The second-order valence-corrected chi connectivity index (χ2v) is 5.54. The third-order valence-corrected chi connectivity index (χ3v) is 3.79. The maximum atomic E-state index is 10.8. The fourth-order valence-corrected chi connectivity index (χ4v) is 2.66. The molecule has 0 fully saturated rings. The molecular formula is C16H14N2O2S. The van der Waals surface area contributed by atoms with E-state index in [4.69, 9.17) is 5.11 Å². The van der Waals surface area contributed by atoms with Gasteiger partial charge in [0, 0.05) is 10.6 Å². The van der Waals surface area contributed by atoms with Gasteiger partial charge in [0.2, 0.25) is 0 Å². The Hall–Kier alpha value is -2.45. The number of hydrogen-bond donors (Lipinski definition) is 2. The summed E-state index contributed by atoms with van der Waals surface area (Å²) in [5, 5.41) is 21.4. The van der Waals surface area contributed by atoms with Crippen molar-refractivity contribution in [2.24, 2.45) is 0 Å². The van der Waals surface area contributed by atoms with Crippen molar-refractivity contribution in [3.05, 3.63) is 53.6 Å². The van der Waals surface area contributed by atoms with Gasteiger partial charge in [-0.15, -0.1) is 11.8 Å². The summed E-state index contributed by atoms with van der Waals surface area (Å²) in [4.78, 5) is 11.8. The van der Waals surface area contributed by atoms with Crippen LogP contribution >= 0.6 is 11.8 Å². The van der Waals surface area contributed by atoms with E-state index < -0.39 is 5.97 Å². The fraction of sp³-hybridized carbons (Fsp3) is 0.125. The lowest BCUT2D eigenvalue weighted by molar-refractivity contribution is 0.0697. The number of anilines is 2. The van der Waals surface area contributed by atoms with Crippen LogP contribution in [0.25, 0.3) is 0 Å². The first-order valence-electron chi connectivity index (χ1n) is 6.42. The van der Waals surface area contributed by atoms with Crippen molar-refractivity contribution in [2.75, 3.05) is 11.1 Å². The van der Waals surface area contributed by atoms with E-state index in [-0.39, 0.29) is 5.56 Å². The molecule has 0 aliphatic heterocycles. The van der Waals surface area contributed by atoms with Crippen LogP contribution in [-0.4, -0.2) is 16.8 Å². The Morgan fingerprint density at radius 2 is 2.00 bits per heavy atom. The van der Waals surface area contributed by atoms with Crippen LogP contribution < -0.4 is 5.32 Å². The van der Waals surface area contributed by atoms with Crippen LogP contribution in [0.3, 0.4) is 0 Å². The molecule has 5 heteroatoms. The van der Waals surface area contributed by atoms with Gasteiger partial charge in [-0.1, -0.05) is 13.0 Å². The number of rotatable bonds is 5. The SMILES string of the molecule is CCSc1cccc(Nc2ccc(C(=O)O)cc2)c1C#N. The minimum atomic E-state index is -0.958. The van der Waals surface area contributed by atoms with E-state index in [0.29, 0.717) is 5.56 Å². The molecule has 0 aliphatic rings. The first-order valence-corrected chi connectivity index (χ1v) is 7.40. The predicted molar refractivity (Wildman–Crippen MR) is 84.2 cm³/mol. The number of hydrogen-bond acceptors (Lipinski definition) is 4. The van der Waals surface area contributed by atoms with Crippen LogP contribution in [0, 0.1) is 11.3 Å². The highest BCUT2D eigenvalue weighted by Gasteiger charge is 2.09. The van der Waals surface area contributed by atoms with E-state index >= 15 is 0 Å². The molecule has 2 aromatic carbocycles. The van der Waals surface area contributed by atoms with Crippen molar-refractivity contribution in [1.82, 2.24) is 0 Å². The minimum Gasteiger partial charge on any atom is -0.478 e. The van der Waals surface area contributed by atoms with Crippen molar-refractivity contribution in [1.29, 1.82) is 5.26 Å². The van der Waals surface area contributed by atoms with Crippen LogP contribution in [0.4, 0.5) is 11.4 Å². The van der Waals surface area contributed by atoms with Gasteiger partial charge in [-0.3, -0.25) is 0 Å². The molecule has 106 valence electrons. The summed E-state index contributed by atoms with van der Waals surface area (Å²) in [5.74, 6) is -0.0635. The number of nitrogens with one attached hydrogen (secondary N) is 1. The molecule has 0 bridgehead atoms. The van der Waals surface area contributed by atoms with E-state index in [1.165, 1.54) is 12.1 Å². The van der Waals surface area contributed by atoms with Crippen LogP contribution in [0.15, 0.2) is 47.4 Å². The van der Waals surface area contributed by atoms with E-state index in [2.05, 4.69) is 11.4 Å². The van der Waals surface area contributed by atoms with E-state index in [1.54, 1.807) is 23.9 Å². The molecule has 0 amide bonds. The average Bonchev–Trinajstić information content (AvgIpc) is 2.48. The lowest BCUT2D eigenvalue weighted by Crippen LogP contribution is -1.98. The zero-order valence-electron chi connectivity index (χ0n) is 11.5. The number of thioether (sulfide) groups is 1. The summed E-state index contributed by atoms with van der Waals surface area (Å²) in [7, 11) is 0. The zero-order valence-corrected chi connectivity index (χ0v) is 12.3. The van der Waals surface area contributed by atoms with Crippen molar-refractivity contribution in [3.8, 4) is 6.07 Å². The normalized spacial score (nSPS) is 9.90. The second-order valence-electron chi connectivity index (χ2n) is 4.23. The Morgan fingerprint density at radius 1 is 1.29 bits per heavy atom. The van der Waals surface area contributed by atoms with Crippen molar-refractivity contribution < 1.29 is 9.90 Å². The van der Waals surface area contributed by atoms with Gasteiger partial charge in [-0.2, -0.15) is 5.26 Å². The summed E-state index contributed by atoms with van der Waals surface area (Å²) in [6.07, 6.45) is 0. The molecule has 0 saturated heterocycles. The molecular weight excluding hydrogens is 284 g/mol. The third-order valence-electron chi connectivity index (χ3n) is 2.85. The summed E-state index contributed by atoms with van der Waals surface area (Å²) in [6, 6.07) is 14.3. The molecule has 0 heterocycles. The molecule has 2 aromatic rings. The number of carboxylic acids is 1. The van der Waals surface area contributed by atoms with E-state index in [1.807, 2.05) is 25.1 Å². The van der Waals surface area contributed by atoms with Crippen molar-refractivity contribution >= 4 is 29.1 Å². The first kappa shape index (κ1) is 14.9. The molecule has 0 aromatic heterocycles. The average molecular weight is 298 g/mol. The maximum absolute atomic E-state index is 10.8. The number of benzene rings is 2. The quantitative estimate of drug-likeness (QED) is 0.813. The fourth-order valence-electron chi connectivity index (χ4n) is 1.88. The molecule has 0 saturated carbocycles. The number of aromatic carboxylic acids is 1. The van der Waals surface area contributed by atoms with Gasteiger partial charge in [0.1, 0.15) is 6.07 Å². The first-order chi connectivity index (χ1) is 10.2. The molecule has 21 heavy (non-hydrogen) atoms. The molecule has 2 rings (SSSR count). The van der Waals surface area contributed by atoms with Gasteiger partial charge < -0.3 is 10.4 Å². The van der Waals surface area contributed by atoms with Gasteiger partial charge in [0.15, 0.2) is 0 Å². The van der Waals surface area contributed by atoms with Crippen molar-refractivity contribution in [3.63, 3.8) is 0 Å². The standard InChI is InChI=1S/C16H14N2O2S/c1-2-21-15-5-3-4-14(13(15)10-17)18-12-8-6-11(7-9-12)16(19)20/h3-9,18H,2H2,1H3,(H,19,20). The minimum absolute atomic E-state index is 0.233. The monoisotopic (exact) mass is 298 g/mol. The third kappa shape index (κ3) is 3.56. The van der Waals surface area contributed by atoms with Gasteiger partial charge in [0.05, 0.1) is 16.8 Å². The summed E-state index contributed by atoms with van der Waals surface area (Å²) in [5.41, 5.74) is 2.30. The topological polar surface area (TPSA) is 73.1 Å². The summed E-state index contributed by atoms with van der Waals surface area (Å²) in [6.45, 7) is 2.04. The molecule has 0 unspecified atom stereocenters. The zero-order chi connectivity index (χ0) is 15.2. The molecule has 0 radical (unpaired) electrons. The van der Waals surface area contributed by atoms with Gasteiger partial charge in [-0.25, -0.2) is 4.79 Å². The molecule has 2 N–H and O–H groups in total. The number of nitrogens with zero attached hydrogens (tertiary/aromatic N) is 1. The van der Waals surface area contributed by atoms with Crippen LogP contribution in [0.1, 0.15) is 22.8 Å². The maximum Gasteiger partial charge on any atom is 0.335 e. The second kappa shape index (κ2) is 6.82. The highest BCUT2D eigenvalue weighted by atomic mass is 32.2. The molecule has 0 spiro atoms. The number of carbonyl (C=O) groups is 1. The Bertz CT molecular complexity index is 690. The van der Waals surface area contributed by atoms with Gasteiger partial charge in [0.25, 0.3) is 0 Å². The van der Waals surface area contributed by atoms with E-state index in [0.717, 1.165) is 22.0 Å². The highest BCUT2D eigenvalue weighted by molar-refractivity contribution is 7.99. The number of carboxylic acid groups (broad SMARTS) is 1. The molecule has 4 nitrogen and oxygen atoms in total. The Morgan fingerprint density at radius 3 is 2.57 bits per heavy atom. The highest BCUT2D eigenvalue weighted by Crippen LogP contribution is 2.29. The van der Waals surface area contributed by atoms with Gasteiger partial charge >= 0.3 is 5.97 Å². The summed E-state index contributed by atoms with van der Waals surface area (Å²) >= 11 is 1.62.